The maximum atomic E-state index is 13.2. The molecular formula is C23H25F4N3O4. The summed E-state index contributed by atoms with van der Waals surface area (Å²) in [5.74, 6) is -0.688. The summed E-state index contributed by atoms with van der Waals surface area (Å²) in [5.41, 5.74) is -0.0319. The summed E-state index contributed by atoms with van der Waals surface area (Å²) in [7, 11) is 0. The molecule has 1 aliphatic rings. The van der Waals surface area contributed by atoms with Crippen LogP contribution in [0.2, 0.25) is 0 Å². The minimum absolute atomic E-state index is 0.0380. The second-order valence-corrected chi connectivity index (χ2v) is 7.95. The molecule has 11 heteroatoms. The molecular weight excluding hydrogens is 458 g/mol. The lowest BCUT2D eigenvalue weighted by molar-refractivity contribution is -0.137. The summed E-state index contributed by atoms with van der Waals surface area (Å²) in [6.45, 7) is -0.228. The summed E-state index contributed by atoms with van der Waals surface area (Å²) in [6.07, 6.45) is -4.80. The quantitative estimate of drug-likeness (QED) is 0.453. The molecule has 1 saturated heterocycles. The number of carbonyl (C=O) groups is 2. The van der Waals surface area contributed by atoms with Crippen molar-refractivity contribution in [1.29, 1.82) is 0 Å². The number of alkyl halides is 3. The average molecular weight is 483 g/mol. The molecule has 0 radical (unpaired) electrons. The topological polar surface area (TPSA) is 99.7 Å². The lowest BCUT2D eigenvalue weighted by atomic mass is 9.97. The molecule has 184 valence electrons. The van der Waals surface area contributed by atoms with Crippen LogP contribution in [0.1, 0.15) is 30.4 Å². The SMILES string of the molecule is O=C(C[C@H]1CC[C@H](NC(=O)Nc2ccc(C(F)(F)F)cc2)[C@@H](CO)O1)NCc1cccc(F)c1. The van der Waals surface area contributed by atoms with Gasteiger partial charge in [0.15, 0.2) is 0 Å². The highest BCUT2D eigenvalue weighted by molar-refractivity contribution is 5.89. The molecule has 2 aromatic rings. The molecule has 1 fully saturated rings. The fraction of sp³-hybridized carbons (Fsp3) is 0.391. The van der Waals surface area contributed by atoms with E-state index < -0.39 is 48.4 Å². The van der Waals surface area contributed by atoms with Gasteiger partial charge in [-0.15, -0.1) is 0 Å². The zero-order valence-electron chi connectivity index (χ0n) is 18.1. The molecule has 4 N–H and O–H groups in total. The molecule has 3 amide bonds. The average Bonchev–Trinajstić information content (AvgIpc) is 2.78. The molecule has 0 aliphatic carbocycles. The van der Waals surface area contributed by atoms with E-state index in [-0.39, 0.29) is 24.6 Å². The van der Waals surface area contributed by atoms with Crippen LogP contribution >= 0.6 is 0 Å². The van der Waals surface area contributed by atoms with Crippen LogP contribution in [0.4, 0.5) is 28.0 Å². The number of urea groups is 1. The highest BCUT2D eigenvalue weighted by Crippen LogP contribution is 2.30. The van der Waals surface area contributed by atoms with Crippen LogP contribution in [-0.4, -0.2) is 41.9 Å². The van der Waals surface area contributed by atoms with Gasteiger partial charge in [0.1, 0.15) is 11.9 Å². The van der Waals surface area contributed by atoms with Crippen LogP contribution in [0.5, 0.6) is 0 Å². The van der Waals surface area contributed by atoms with Crippen LogP contribution in [0, 0.1) is 5.82 Å². The highest BCUT2D eigenvalue weighted by Gasteiger charge is 2.33. The van der Waals surface area contributed by atoms with Gasteiger partial charge >= 0.3 is 12.2 Å². The van der Waals surface area contributed by atoms with Crippen molar-refractivity contribution in [3.8, 4) is 0 Å². The number of rotatable bonds is 7. The number of halogens is 4. The van der Waals surface area contributed by atoms with Crippen LogP contribution in [0.3, 0.4) is 0 Å². The van der Waals surface area contributed by atoms with Crippen LogP contribution in [0.15, 0.2) is 48.5 Å². The maximum Gasteiger partial charge on any atom is 0.416 e. The van der Waals surface area contributed by atoms with Gasteiger partial charge in [0, 0.05) is 12.2 Å². The van der Waals surface area contributed by atoms with Crippen LogP contribution in [-0.2, 0) is 22.3 Å². The van der Waals surface area contributed by atoms with Gasteiger partial charge < -0.3 is 25.8 Å². The van der Waals surface area contributed by atoms with Crippen molar-refractivity contribution in [2.45, 2.75) is 50.2 Å². The minimum atomic E-state index is -4.47. The largest absolute Gasteiger partial charge is 0.416 e. The smallest absolute Gasteiger partial charge is 0.394 e. The van der Waals surface area contributed by atoms with E-state index in [4.69, 9.17) is 4.74 Å². The summed E-state index contributed by atoms with van der Waals surface area (Å²) < 4.78 is 56.9. The van der Waals surface area contributed by atoms with E-state index >= 15 is 0 Å². The molecule has 3 atom stereocenters. The Hall–Kier alpha value is -3.18. The first-order valence-corrected chi connectivity index (χ1v) is 10.7. The first-order chi connectivity index (χ1) is 16.1. The Labute approximate surface area is 193 Å². The Morgan fingerprint density at radius 3 is 2.47 bits per heavy atom. The van der Waals surface area contributed by atoms with Crippen molar-refractivity contribution in [2.24, 2.45) is 0 Å². The van der Waals surface area contributed by atoms with Gasteiger partial charge in [0.25, 0.3) is 0 Å². The third kappa shape index (κ3) is 7.42. The van der Waals surface area contributed by atoms with E-state index in [9.17, 15) is 32.3 Å². The van der Waals surface area contributed by atoms with Crippen molar-refractivity contribution in [1.82, 2.24) is 10.6 Å². The molecule has 0 aromatic heterocycles. The molecule has 7 nitrogen and oxygen atoms in total. The van der Waals surface area contributed by atoms with Crippen molar-refractivity contribution in [3.63, 3.8) is 0 Å². The Morgan fingerprint density at radius 1 is 1.09 bits per heavy atom. The van der Waals surface area contributed by atoms with Gasteiger partial charge in [-0.2, -0.15) is 13.2 Å². The number of hydrogen-bond acceptors (Lipinski definition) is 4. The van der Waals surface area contributed by atoms with E-state index in [1.165, 1.54) is 12.1 Å². The summed E-state index contributed by atoms with van der Waals surface area (Å²) in [6, 6.07) is 8.67. The lowest BCUT2D eigenvalue weighted by Crippen LogP contribution is -2.52. The molecule has 3 rings (SSSR count). The van der Waals surface area contributed by atoms with Gasteiger partial charge in [-0.25, -0.2) is 9.18 Å². The minimum Gasteiger partial charge on any atom is -0.394 e. The summed E-state index contributed by atoms with van der Waals surface area (Å²) >= 11 is 0. The molecule has 0 saturated carbocycles. The maximum absolute atomic E-state index is 13.2. The zero-order valence-corrected chi connectivity index (χ0v) is 18.1. The van der Waals surface area contributed by atoms with Crippen molar-refractivity contribution in [2.75, 3.05) is 11.9 Å². The predicted octanol–water partition coefficient (Wildman–Crippen LogP) is 3.58. The first kappa shape index (κ1) is 25.4. The number of aliphatic hydroxyl groups excluding tert-OH is 1. The molecule has 0 unspecified atom stereocenters. The van der Waals surface area contributed by atoms with E-state index in [1.807, 2.05) is 0 Å². The van der Waals surface area contributed by atoms with Gasteiger partial charge in [0.05, 0.1) is 30.7 Å². The van der Waals surface area contributed by atoms with Gasteiger partial charge in [-0.3, -0.25) is 4.79 Å². The number of ether oxygens (including phenoxy) is 1. The third-order valence-electron chi connectivity index (χ3n) is 5.37. The van der Waals surface area contributed by atoms with Gasteiger partial charge in [-0.1, -0.05) is 12.1 Å². The molecule has 0 bridgehead atoms. The number of benzene rings is 2. The first-order valence-electron chi connectivity index (χ1n) is 10.7. The van der Waals surface area contributed by atoms with Crippen LogP contribution < -0.4 is 16.0 Å². The third-order valence-corrected chi connectivity index (χ3v) is 5.37. The lowest BCUT2D eigenvalue weighted by Gasteiger charge is -2.35. The molecule has 1 aliphatic heterocycles. The Kier molecular flexibility index (Phi) is 8.46. The highest BCUT2D eigenvalue weighted by atomic mass is 19.4. The van der Waals surface area contributed by atoms with Gasteiger partial charge in [0.2, 0.25) is 5.91 Å². The normalized spacial score (nSPS) is 20.4. The zero-order chi connectivity index (χ0) is 24.7. The fourth-order valence-electron chi connectivity index (χ4n) is 3.65. The van der Waals surface area contributed by atoms with E-state index in [0.717, 1.165) is 24.3 Å². The number of anilines is 1. The second-order valence-electron chi connectivity index (χ2n) is 7.95. The Morgan fingerprint density at radius 2 is 1.82 bits per heavy atom. The number of aliphatic hydroxyl groups is 1. The standard InChI is InChI=1S/C23H25F4N3O4/c24-16-3-1-2-14(10-16)12-28-21(32)11-18-8-9-19(20(13-31)34-18)30-22(33)29-17-6-4-15(5-7-17)23(25,26)27/h1-7,10,18-20,31H,8-9,11-13H2,(H,28,32)(H2,29,30,33)/t18-,19+,20-/m1/s1. The molecule has 0 spiro atoms. The monoisotopic (exact) mass is 483 g/mol. The van der Waals surface area contributed by atoms with E-state index in [2.05, 4.69) is 16.0 Å². The second kappa shape index (κ2) is 11.3. The predicted molar refractivity (Wildman–Crippen MR) is 115 cm³/mol. The van der Waals surface area contributed by atoms with Crippen molar-refractivity contribution >= 4 is 17.6 Å². The van der Waals surface area contributed by atoms with Crippen molar-refractivity contribution in [3.05, 3.63) is 65.5 Å². The number of carbonyl (C=O) groups excluding carboxylic acids is 2. The van der Waals surface area contributed by atoms with E-state index in [1.54, 1.807) is 12.1 Å². The fourth-order valence-corrected chi connectivity index (χ4v) is 3.65. The van der Waals surface area contributed by atoms with Crippen molar-refractivity contribution < 1.29 is 37.0 Å². The number of hydrogen-bond donors (Lipinski definition) is 4. The summed E-state index contributed by atoms with van der Waals surface area (Å²) in [4.78, 5) is 24.5. The number of amides is 3. The molecule has 1 heterocycles. The molecule has 34 heavy (non-hydrogen) atoms. The summed E-state index contributed by atoms with van der Waals surface area (Å²) in [5, 5.41) is 17.4. The van der Waals surface area contributed by atoms with Crippen LogP contribution in [0.25, 0.3) is 0 Å². The Balaban J connectivity index is 1.45. The van der Waals surface area contributed by atoms with Gasteiger partial charge in [-0.05, 0) is 54.8 Å². The van der Waals surface area contributed by atoms with E-state index in [0.29, 0.717) is 18.4 Å². The Bertz CT molecular complexity index is 985. The molecule has 2 aromatic carbocycles. The number of nitrogens with one attached hydrogen (secondary N) is 3.